The zero-order valence-electron chi connectivity index (χ0n) is 17.8. The molecule has 0 bridgehead atoms. The van der Waals surface area contributed by atoms with E-state index in [-0.39, 0.29) is 24.7 Å². The van der Waals surface area contributed by atoms with Crippen LogP contribution >= 0.6 is 11.8 Å². The number of benzene rings is 2. The van der Waals surface area contributed by atoms with Crippen molar-refractivity contribution in [1.29, 1.82) is 0 Å². The first kappa shape index (κ1) is 21.2. The first-order chi connectivity index (χ1) is 15.0. The second-order valence-electron chi connectivity index (χ2n) is 7.65. The third-order valence-electron chi connectivity index (χ3n) is 5.25. The molecule has 2 aromatic carbocycles. The van der Waals surface area contributed by atoms with Crippen molar-refractivity contribution in [3.05, 3.63) is 71.4 Å². The standard InChI is InChI=1S/C24H26N4O2S/c1-17-7-6-8-19(15-17)16-25-21(29)11-12-22(30)27-13-14-31-24-23(27)18(2)26-28(24)20-9-4-3-5-10-20/h3-10,15H,11-14,16H2,1-2H3,(H,25,29). The van der Waals surface area contributed by atoms with E-state index in [1.807, 2.05) is 73.1 Å². The van der Waals surface area contributed by atoms with Crippen LogP contribution in [0.2, 0.25) is 0 Å². The zero-order chi connectivity index (χ0) is 21.8. The number of aromatic nitrogens is 2. The fourth-order valence-electron chi connectivity index (χ4n) is 3.74. The highest BCUT2D eigenvalue weighted by Crippen LogP contribution is 2.39. The maximum absolute atomic E-state index is 13.0. The predicted octanol–water partition coefficient (Wildman–Crippen LogP) is 4.02. The fourth-order valence-corrected chi connectivity index (χ4v) is 4.87. The average Bonchev–Trinajstić information content (AvgIpc) is 3.13. The number of hydrogen-bond donors (Lipinski definition) is 1. The number of nitrogens with one attached hydrogen (secondary N) is 1. The van der Waals surface area contributed by atoms with Crippen LogP contribution in [-0.2, 0) is 16.1 Å². The summed E-state index contributed by atoms with van der Waals surface area (Å²) < 4.78 is 1.91. The first-order valence-corrected chi connectivity index (χ1v) is 11.4. The van der Waals surface area contributed by atoms with Crippen LogP contribution in [0.5, 0.6) is 0 Å². The van der Waals surface area contributed by atoms with Crippen molar-refractivity contribution in [2.75, 3.05) is 17.2 Å². The molecule has 4 rings (SSSR count). The van der Waals surface area contributed by atoms with Crippen LogP contribution in [0.3, 0.4) is 0 Å². The summed E-state index contributed by atoms with van der Waals surface area (Å²) in [5.74, 6) is 0.650. The van der Waals surface area contributed by atoms with E-state index in [4.69, 9.17) is 0 Å². The van der Waals surface area contributed by atoms with Gasteiger partial charge in [0, 0.05) is 31.7 Å². The molecule has 1 aliphatic heterocycles. The number of fused-ring (bicyclic) bond motifs is 1. The molecule has 6 nitrogen and oxygen atoms in total. The van der Waals surface area contributed by atoms with Crippen molar-refractivity contribution >= 4 is 29.3 Å². The number of carbonyl (C=O) groups excluding carboxylic acids is 2. The molecule has 160 valence electrons. The number of aryl methyl sites for hydroxylation is 2. The molecule has 0 radical (unpaired) electrons. The zero-order valence-corrected chi connectivity index (χ0v) is 18.6. The normalized spacial score (nSPS) is 13.0. The van der Waals surface area contributed by atoms with Crippen LogP contribution in [0, 0.1) is 13.8 Å². The summed E-state index contributed by atoms with van der Waals surface area (Å²) >= 11 is 1.71. The molecule has 0 saturated heterocycles. The van der Waals surface area contributed by atoms with Gasteiger partial charge in [-0.1, -0.05) is 48.0 Å². The van der Waals surface area contributed by atoms with Gasteiger partial charge in [0.1, 0.15) is 5.03 Å². The highest BCUT2D eigenvalue weighted by molar-refractivity contribution is 7.99. The van der Waals surface area contributed by atoms with Crippen molar-refractivity contribution in [3.63, 3.8) is 0 Å². The minimum atomic E-state index is -0.113. The molecule has 7 heteroatoms. The maximum Gasteiger partial charge on any atom is 0.227 e. The monoisotopic (exact) mass is 434 g/mol. The van der Waals surface area contributed by atoms with Gasteiger partial charge in [-0.25, -0.2) is 4.68 Å². The summed E-state index contributed by atoms with van der Waals surface area (Å²) in [6, 6.07) is 18.0. The Hall–Kier alpha value is -3.06. The van der Waals surface area contributed by atoms with Gasteiger partial charge in [0.25, 0.3) is 0 Å². The maximum atomic E-state index is 13.0. The number of anilines is 1. The quantitative estimate of drug-likeness (QED) is 0.636. The summed E-state index contributed by atoms with van der Waals surface area (Å²) in [5.41, 5.74) is 4.88. The number of hydrogen-bond acceptors (Lipinski definition) is 4. The molecule has 0 saturated carbocycles. The van der Waals surface area contributed by atoms with Crippen LogP contribution < -0.4 is 10.2 Å². The van der Waals surface area contributed by atoms with E-state index in [1.165, 1.54) is 0 Å². The lowest BCUT2D eigenvalue weighted by atomic mass is 10.1. The van der Waals surface area contributed by atoms with Gasteiger partial charge < -0.3 is 10.2 Å². The van der Waals surface area contributed by atoms with Gasteiger partial charge in [0.2, 0.25) is 11.8 Å². The van der Waals surface area contributed by atoms with Gasteiger partial charge in [-0.3, -0.25) is 9.59 Å². The second kappa shape index (κ2) is 9.39. The Morgan fingerprint density at radius 3 is 2.65 bits per heavy atom. The van der Waals surface area contributed by atoms with Crippen molar-refractivity contribution in [2.24, 2.45) is 0 Å². The highest BCUT2D eigenvalue weighted by Gasteiger charge is 2.29. The average molecular weight is 435 g/mol. The van der Waals surface area contributed by atoms with Crippen molar-refractivity contribution in [1.82, 2.24) is 15.1 Å². The predicted molar refractivity (Wildman–Crippen MR) is 124 cm³/mol. The Bertz CT molecular complexity index is 1090. The molecule has 0 fully saturated rings. The lowest BCUT2D eigenvalue weighted by molar-refractivity contribution is -0.125. The van der Waals surface area contributed by atoms with Gasteiger partial charge in [-0.05, 0) is 31.5 Å². The molecule has 0 spiro atoms. The molecule has 1 aromatic heterocycles. The summed E-state index contributed by atoms with van der Waals surface area (Å²) in [5, 5.41) is 8.57. The van der Waals surface area contributed by atoms with E-state index >= 15 is 0 Å². The molecular formula is C24H26N4O2S. The van der Waals surface area contributed by atoms with Gasteiger partial charge in [-0.2, -0.15) is 5.10 Å². The van der Waals surface area contributed by atoms with E-state index in [2.05, 4.69) is 10.4 Å². The van der Waals surface area contributed by atoms with E-state index in [1.54, 1.807) is 16.7 Å². The summed E-state index contributed by atoms with van der Waals surface area (Å²) in [6.07, 6.45) is 0.356. The summed E-state index contributed by atoms with van der Waals surface area (Å²) in [4.78, 5) is 27.1. The van der Waals surface area contributed by atoms with Crippen molar-refractivity contribution < 1.29 is 9.59 Å². The minimum absolute atomic E-state index is 0.0389. The highest BCUT2D eigenvalue weighted by atomic mass is 32.2. The van der Waals surface area contributed by atoms with Gasteiger partial charge in [0.15, 0.2) is 0 Å². The van der Waals surface area contributed by atoms with E-state index in [9.17, 15) is 9.59 Å². The summed E-state index contributed by atoms with van der Waals surface area (Å²) in [6.45, 7) is 5.06. The molecule has 31 heavy (non-hydrogen) atoms. The summed E-state index contributed by atoms with van der Waals surface area (Å²) in [7, 11) is 0. The lowest BCUT2D eigenvalue weighted by Gasteiger charge is -2.27. The minimum Gasteiger partial charge on any atom is -0.352 e. The van der Waals surface area contributed by atoms with Crippen LogP contribution in [0.25, 0.3) is 5.69 Å². The Labute approximate surface area is 186 Å². The van der Waals surface area contributed by atoms with E-state index in [0.717, 1.165) is 39.0 Å². The largest absolute Gasteiger partial charge is 0.352 e. The molecule has 0 aliphatic carbocycles. The molecule has 1 aliphatic rings. The van der Waals surface area contributed by atoms with Gasteiger partial charge >= 0.3 is 0 Å². The second-order valence-corrected chi connectivity index (χ2v) is 8.73. The third kappa shape index (κ3) is 4.82. The molecule has 0 atom stereocenters. The molecule has 2 heterocycles. The smallest absolute Gasteiger partial charge is 0.227 e. The first-order valence-electron chi connectivity index (χ1n) is 10.4. The Kier molecular flexibility index (Phi) is 6.42. The molecule has 2 amide bonds. The number of carbonyl (C=O) groups is 2. The molecule has 3 aromatic rings. The lowest BCUT2D eigenvalue weighted by Crippen LogP contribution is -2.36. The van der Waals surface area contributed by atoms with Crippen LogP contribution in [0.15, 0.2) is 59.6 Å². The Morgan fingerprint density at radius 2 is 1.87 bits per heavy atom. The SMILES string of the molecule is Cc1cccc(CNC(=O)CCC(=O)N2CCSc3c2c(C)nn3-c2ccccc2)c1. The third-order valence-corrected chi connectivity index (χ3v) is 6.28. The number of nitrogens with zero attached hydrogens (tertiary/aromatic N) is 3. The number of rotatable bonds is 6. The number of thioether (sulfide) groups is 1. The van der Waals surface area contributed by atoms with Crippen molar-refractivity contribution in [3.8, 4) is 5.69 Å². The molecular weight excluding hydrogens is 408 g/mol. The molecule has 0 unspecified atom stereocenters. The number of para-hydroxylation sites is 1. The number of amides is 2. The van der Waals surface area contributed by atoms with Crippen molar-refractivity contribution in [2.45, 2.75) is 38.3 Å². The fraction of sp³-hybridized carbons (Fsp3) is 0.292. The van der Waals surface area contributed by atoms with Crippen LogP contribution in [0.1, 0.15) is 29.7 Å². The topological polar surface area (TPSA) is 67.2 Å². The van der Waals surface area contributed by atoms with E-state index < -0.39 is 0 Å². The molecule has 1 N–H and O–H groups in total. The van der Waals surface area contributed by atoms with E-state index in [0.29, 0.717) is 13.1 Å². The Morgan fingerprint density at radius 1 is 1.06 bits per heavy atom. The van der Waals surface area contributed by atoms with Gasteiger partial charge in [-0.15, -0.1) is 11.8 Å². The Balaban J connectivity index is 1.40. The van der Waals surface area contributed by atoms with Gasteiger partial charge in [0.05, 0.1) is 17.1 Å². The van der Waals surface area contributed by atoms with Crippen LogP contribution in [0.4, 0.5) is 5.69 Å². The van der Waals surface area contributed by atoms with Crippen LogP contribution in [-0.4, -0.2) is 33.9 Å².